The van der Waals surface area contributed by atoms with Crippen LogP contribution in [0.15, 0.2) is 47.6 Å². The first-order chi connectivity index (χ1) is 12.6. The number of alkyl halides is 6. The van der Waals surface area contributed by atoms with Gasteiger partial charge in [0.2, 0.25) is 17.0 Å². The molecule has 0 unspecified atom stereocenters. The van der Waals surface area contributed by atoms with Crippen molar-refractivity contribution < 1.29 is 46.8 Å². The highest BCUT2D eigenvalue weighted by Crippen LogP contribution is 2.61. The van der Waals surface area contributed by atoms with Crippen LogP contribution in [0.5, 0.6) is 0 Å². The highest BCUT2D eigenvalue weighted by molar-refractivity contribution is 5.52. The Balaban J connectivity index is 2.92. The SMILES string of the molecule is NC1(N)C=C(C(C2=CC(N)(N)C(O)(O)C=C2)(C(F)(F)F)C(F)(F)F)C=CC1(O)O. The van der Waals surface area contributed by atoms with Gasteiger partial charge in [0, 0.05) is 0 Å². The maximum absolute atomic E-state index is 14.0. The minimum absolute atomic E-state index is 0.00285. The standard InChI is InChI=1S/C15H18F6N4O4/c16-14(17,18)13(15(19,20)21,7-1-3-11(26,27)9(22,23)5-7)8-2-4-12(28,29)10(24,25)6-8/h1-6,26-29H,22-25H2. The van der Waals surface area contributed by atoms with Crippen LogP contribution < -0.4 is 22.9 Å². The Hall–Kier alpha value is -1.78. The molecule has 0 amide bonds. The number of hydrogen-bond donors (Lipinski definition) is 8. The monoisotopic (exact) mass is 432 g/mol. The first-order valence-corrected chi connectivity index (χ1v) is 7.66. The van der Waals surface area contributed by atoms with Gasteiger partial charge < -0.3 is 43.4 Å². The van der Waals surface area contributed by atoms with E-state index in [1.165, 1.54) is 0 Å². The predicted molar refractivity (Wildman–Crippen MR) is 85.5 cm³/mol. The third kappa shape index (κ3) is 3.30. The topological polar surface area (TPSA) is 185 Å². The molecule has 164 valence electrons. The van der Waals surface area contributed by atoms with Crippen molar-refractivity contribution in [1.82, 2.24) is 0 Å². The van der Waals surface area contributed by atoms with Crippen LogP contribution in [0.3, 0.4) is 0 Å². The average molecular weight is 432 g/mol. The summed E-state index contributed by atoms with van der Waals surface area (Å²) in [5.41, 5.74) is 7.24. The van der Waals surface area contributed by atoms with Gasteiger partial charge >= 0.3 is 12.4 Å². The summed E-state index contributed by atoms with van der Waals surface area (Å²) in [6, 6.07) is 0. The van der Waals surface area contributed by atoms with Crippen LogP contribution in [-0.2, 0) is 0 Å². The van der Waals surface area contributed by atoms with Gasteiger partial charge in [-0.1, -0.05) is 12.2 Å². The van der Waals surface area contributed by atoms with Crippen molar-refractivity contribution in [2.45, 2.75) is 35.3 Å². The van der Waals surface area contributed by atoms with Gasteiger partial charge in [0.1, 0.15) is 11.3 Å². The number of hydrogen-bond acceptors (Lipinski definition) is 8. The van der Waals surface area contributed by atoms with Gasteiger partial charge in [-0.15, -0.1) is 0 Å². The van der Waals surface area contributed by atoms with E-state index in [1.807, 2.05) is 0 Å². The van der Waals surface area contributed by atoms with Crippen molar-refractivity contribution in [3.8, 4) is 0 Å². The molecule has 0 aliphatic heterocycles. The molecule has 29 heavy (non-hydrogen) atoms. The molecule has 14 heteroatoms. The maximum Gasteiger partial charge on any atom is 0.411 e. The molecule has 2 rings (SSSR count). The van der Waals surface area contributed by atoms with E-state index in [-0.39, 0.29) is 36.5 Å². The molecular weight excluding hydrogens is 414 g/mol. The lowest BCUT2D eigenvalue weighted by atomic mass is 9.66. The van der Waals surface area contributed by atoms with Gasteiger partial charge in [-0.25, -0.2) is 0 Å². The van der Waals surface area contributed by atoms with E-state index in [1.54, 1.807) is 0 Å². The molecule has 2 aliphatic carbocycles. The number of aliphatic hydroxyl groups is 4. The molecular formula is C15H18F6N4O4. The highest BCUT2D eigenvalue weighted by Gasteiger charge is 2.74. The Kier molecular flexibility index (Phi) is 4.96. The van der Waals surface area contributed by atoms with Gasteiger partial charge in [-0.2, -0.15) is 26.3 Å². The van der Waals surface area contributed by atoms with E-state index >= 15 is 0 Å². The van der Waals surface area contributed by atoms with Crippen LogP contribution >= 0.6 is 0 Å². The van der Waals surface area contributed by atoms with Crippen LogP contribution in [0, 0.1) is 5.41 Å². The van der Waals surface area contributed by atoms with Crippen LogP contribution in [-0.4, -0.2) is 55.7 Å². The fourth-order valence-corrected chi connectivity index (χ4v) is 2.97. The third-order valence-corrected chi connectivity index (χ3v) is 4.77. The second-order valence-corrected chi connectivity index (χ2v) is 6.93. The van der Waals surface area contributed by atoms with Crippen molar-refractivity contribution in [2.75, 3.05) is 0 Å². The maximum atomic E-state index is 14.0. The molecule has 0 atom stereocenters. The van der Waals surface area contributed by atoms with Crippen molar-refractivity contribution in [3.05, 3.63) is 47.6 Å². The largest absolute Gasteiger partial charge is 0.411 e. The van der Waals surface area contributed by atoms with E-state index in [0.29, 0.717) is 0 Å². The molecule has 0 aromatic rings. The fourth-order valence-electron chi connectivity index (χ4n) is 2.97. The lowest BCUT2D eigenvalue weighted by molar-refractivity contribution is -0.309. The lowest BCUT2D eigenvalue weighted by Gasteiger charge is -2.46. The van der Waals surface area contributed by atoms with E-state index < -0.39 is 51.8 Å². The predicted octanol–water partition coefficient (Wildman–Crippen LogP) is -1.32. The first-order valence-electron chi connectivity index (χ1n) is 7.66. The molecule has 0 spiro atoms. The zero-order valence-electron chi connectivity index (χ0n) is 14.3. The zero-order valence-corrected chi connectivity index (χ0v) is 14.3. The molecule has 2 aliphatic rings. The molecule has 0 heterocycles. The second-order valence-electron chi connectivity index (χ2n) is 6.93. The van der Waals surface area contributed by atoms with E-state index in [0.717, 1.165) is 0 Å². The fraction of sp³-hybridized carbons (Fsp3) is 0.467. The number of halogens is 6. The number of rotatable bonds is 2. The minimum atomic E-state index is -6.11. The number of nitrogens with two attached hydrogens (primary N) is 4. The van der Waals surface area contributed by atoms with Crippen LogP contribution in [0.1, 0.15) is 0 Å². The van der Waals surface area contributed by atoms with Gasteiger partial charge in [-0.3, -0.25) is 0 Å². The summed E-state index contributed by atoms with van der Waals surface area (Å²) < 4.78 is 84.3. The molecule has 0 radical (unpaired) electrons. The van der Waals surface area contributed by atoms with Gasteiger partial charge in [0.05, 0.1) is 0 Å². The van der Waals surface area contributed by atoms with Crippen molar-refractivity contribution in [3.63, 3.8) is 0 Å². The normalized spacial score (nSPS) is 25.4. The van der Waals surface area contributed by atoms with Gasteiger partial charge in [-0.05, 0) is 35.5 Å². The van der Waals surface area contributed by atoms with Crippen molar-refractivity contribution in [1.29, 1.82) is 0 Å². The van der Waals surface area contributed by atoms with E-state index in [2.05, 4.69) is 0 Å². The molecule has 0 fully saturated rings. The molecule has 0 saturated carbocycles. The summed E-state index contributed by atoms with van der Waals surface area (Å²) in [7, 11) is 0. The number of allylic oxidation sites excluding steroid dienone is 4. The smallest absolute Gasteiger partial charge is 0.360 e. The quantitative estimate of drug-likeness (QED) is 0.195. The average Bonchev–Trinajstić information content (AvgIpc) is 2.44. The van der Waals surface area contributed by atoms with E-state index in [9.17, 15) is 46.8 Å². The zero-order chi connectivity index (χ0) is 22.9. The summed E-state index contributed by atoms with van der Waals surface area (Å²) in [6.45, 7) is 0. The molecule has 0 bridgehead atoms. The van der Waals surface area contributed by atoms with Crippen LogP contribution in [0.4, 0.5) is 26.3 Å². The lowest BCUT2D eigenvalue weighted by Crippen LogP contribution is -2.68. The Labute approximate surface area is 159 Å². The van der Waals surface area contributed by atoms with Crippen LogP contribution in [0.2, 0.25) is 0 Å². The molecule has 12 N–H and O–H groups in total. The Morgan fingerprint density at radius 2 is 0.897 bits per heavy atom. The van der Waals surface area contributed by atoms with Crippen LogP contribution in [0.25, 0.3) is 0 Å². The molecule has 8 nitrogen and oxygen atoms in total. The van der Waals surface area contributed by atoms with E-state index in [4.69, 9.17) is 22.9 Å². The third-order valence-electron chi connectivity index (χ3n) is 4.77. The summed E-state index contributed by atoms with van der Waals surface area (Å²) in [5.74, 6) is -6.32. The van der Waals surface area contributed by atoms with Crippen molar-refractivity contribution in [2.24, 2.45) is 28.3 Å². The van der Waals surface area contributed by atoms with Gasteiger partial charge in [0.15, 0.2) is 0 Å². The summed E-state index contributed by atoms with van der Waals surface area (Å²) in [4.78, 5) is 0. The van der Waals surface area contributed by atoms with Gasteiger partial charge in [0.25, 0.3) is 0 Å². The van der Waals surface area contributed by atoms with Crippen molar-refractivity contribution >= 4 is 0 Å². The minimum Gasteiger partial charge on any atom is -0.360 e. The second kappa shape index (κ2) is 6.12. The summed E-state index contributed by atoms with van der Waals surface area (Å²) >= 11 is 0. The molecule has 0 aromatic heterocycles. The molecule has 0 aromatic carbocycles. The Morgan fingerprint density at radius 3 is 1.10 bits per heavy atom. The highest BCUT2D eigenvalue weighted by atomic mass is 19.4. The Morgan fingerprint density at radius 1 is 0.621 bits per heavy atom. The summed E-state index contributed by atoms with van der Waals surface area (Å²) in [5, 5.41) is 38.5. The Bertz CT molecular complexity index is 754. The molecule has 0 saturated heterocycles. The first kappa shape index (κ1) is 23.5. The summed E-state index contributed by atoms with van der Waals surface area (Å²) in [6.07, 6.45) is -11.6.